The van der Waals surface area contributed by atoms with Gasteiger partial charge in [-0.15, -0.1) is 0 Å². The van der Waals surface area contributed by atoms with Crippen molar-refractivity contribution < 1.29 is 4.79 Å². The van der Waals surface area contributed by atoms with Crippen molar-refractivity contribution in [3.05, 3.63) is 71.3 Å². The molecule has 23 heavy (non-hydrogen) atoms. The molecule has 0 saturated carbocycles. The van der Waals surface area contributed by atoms with E-state index in [-0.39, 0.29) is 5.91 Å². The number of nitrogens with one attached hydrogen (secondary N) is 1. The third kappa shape index (κ3) is 2.90. The van der Waals surface area contributed by atoms with Crippen LogP contribution in [0.25, 0.3) is 10.8 Å². The van der Waals surface area contributed by atoms with Crippen LogP contribution in [0.2, 0.25) is 0 Å². The molecule has 0 bridgehead atoms. The van der Waals surface area contributed by atoms with Crippen molar-refractivity contribution in [2.45, 2.75) is 20.3 Å². The van der Waals surface area contributed by atoms with E-state index >= 15 is 0 Å². The first-order chi connectivity index (χ1) is 11.1. The second-order valence-electron chi connectivity index (χ2n) is 5.71. The van der Waals surface area contributed by atoms with Gasteiger partial charge < -0.3 is 11.1 Å². The van der Waals surface area contributed by atoms with Gasteiger partial charge in [-0.25, -0.2) is 0 Å². The fourth-order valence-corrected chi connectivity index (χ4v) is 2.95. The number of fused-ring (bicyclic) bond motifs is 1. The Kier molecular flexibility index (Phi) is 4.02. The molecule has 0 unspecified atom stereocenters. The lowest BCUT2D eigenvalue weighted by atomic mass is 10.0. The van der Waals surface area contributed by atoms with Crippen LogP contribution in [0.4, 0.5) is 11.4 Å². The lowest BCUT2D eigenvalue weighted by Crippen LogP contribution is -2.15. The Hall–Kier alpha value is -2.81. The lowest BCUT2D eigenvalue weighted by molar-refractivity contribution is 0.102. The topological polar surface area (TPSA) is 55.1 Å². The second-order valence-corrected chi connectivity index (χ2v) is 5.71. The Balaban J connectivity index is 2.02. The summed E-state index contributed by atoms with van der Waals surface area (Å²) >= 11 is 0. The second kappa shape index (κ2) is 6.13. The summed E-state index contributed by atoms with van der Waals surface area (Å²) in [7, 11) is 0. The Morgan fingerprint density at radius 2 is 1.83 bits per heavy atom. The average Bonchev–Trinajstić information content (AvgIpc) is 2.56. The Bertz CT molecular complexity index is 879. The van der Waals surface area contributed by atoms with E-state index in [0.29, 0.717) is 5.56 Å². The number of carbonyl (C=O) groups excluding carboxylic acids is 1. The maximum Gasteiger partial charge on any atom is 0.256 e. The minimum atomic E-state index is -0.0932. The zero-order valence-electron chi connectivity index (χ0n) is 13.4. The fraction of sp³-hybridized carbons (Fsp3) is 0.150. The molecular weight excluding hydrogens is 284 g/mol. The highest BCUT2D eigenvalue weighted by atomic mass is 16.1. The highest BCUT2D eigenvalue weighted by Gasteiger charge is 2.13. The number of rotatable bonds is 3. The standard InChI is InChI=1S/C20H20N2O/c1-3-14-12-16(21)11-13(2)19(14)22-20(23)18-10-6-8-15-7-4-5-9-17(15)18/h4-12H,3,21H2,1-2H3,(H,22,23). The molecule has 0 atom stereocenters. The van der Waals surface area contributed by atoms with E-state index in [4.69, 9.17) is 5.73 Å². The minimum absolute atomic E-state index is 0.0932. The Morgan fingerprint density at radius 1 is 1.09 bits per heavy atom. The molecule has 0 aromatic heterocycles. The predicted octanol–water partition coefficient (Wildman–Crippen LogP) is 4.55. The number of anilines is 2. The smallest absolute Gasteiger partial charge is 0.256 e. The van der Waals surface area contributed by atoms with Gasteiger partial charge >= 0.3 is 0 Å². The van der Waals surface area contributed by atoms with Gasteiger partial charge in [-0.2, -0.15) is 0 Å². The number of benzene rings is 3. The van der Waals surface area contributed by atoms with E-state index in [1.807, 2.05) is 61.5 Å². The largest absolute Gasteiger partial charge is 0.399 e. The van der Waals surface area contributed by atoms with Crippen LogP contribution >= 0.6 is 0 Å². The minimum Gasteiger partial charge on any atom is -0.399 e. The van der Waals surface area contributed by atoms with Crippen LogP contribution in [0, 0.1) is 6.92 Å². The van der Waals surface area contributed by atoms with Crippen LogP contribution in [0.1, 0.15) is 28.4 Å². The summed E-state index contributed by atoms with van der Waals surface area (Å²) in [5.74, 6) is -0.0932. The highest BCUT2D eigenvalue weighted by molar-refractivity contribution is 6.13. The van der Waals surface area contributed by atoms with Gasteiger partial charge in [0.2, 0.25) is 0 Å². The number of carbonyl (C=O) groups is 1. The molecule has 3 nitrogen and oxygen atoms in total. The summed E-state index contributed by atoms with van der Waals surface area (Å²) in [4.78, 5) is 12.8. The molecule has 116 valence electrons. The number of aryl methyl sites for hydroxylation is 2. The molecule has 3 aromatic rings. The van der Waals surface area contributed by atoms with Gasteiger partial charge in [0.15, 0.2) is 0 Å². The molecule has 0 spiro atoms. The molecule has 3 N–H and O–H groups in total. The maximum atomic E-state index is 12.8. The quantitative estimate of drug-likeness (QED) is 0.698. The van der Waals surface area contributed by atoms with E-state index in [2.05, 4.69) is 12.2 Å². The van der Waals surface area contributed by atoms with Crippen molar-refractivity contribution in [1.29, 1.82) is 0 Å². The monoisotopic (exact) mass is 304 g/mol. The summed E-state index contributed by atoms with van der Waals surface area (Å²) in [5, 5.41) is 5.09. The van der Waals surface area contributed by atoms with Crippen LogP contribution in [0.15, 0.2) is 54.6 Å². The van der Waals surface area contributed by atoms with E-state index < -0.39 is 0 Å². The van der Waals surface area contributed by atoms with Crippen LogP contribution in [0.3, 0.4) is 0 Å². The van der Waals surface area contributed by atoms with Gasteiger partial charge in [-0.05, 0) is 53.4 Å². The van der Waals surface area contributed by atoms with Gasteiger partial charge in [0, 0.05) is 16.9 Å². The first-order valence-electron chi connectivity index (χ1n) is 7.78. The number of hydrogen-bond donors (Lipinski definition) is 2. The molecule has 1 amide bonds. The molecule has 0 saturated heterocycles. The average molecular weight is 304 g/mol. The fourth-order valence-electron chi connectivity index (χ4n) is 2.95. The Morgan fingerprint density at radius 3 is 2.61 bits per heavy atom. The number of hydrogen-bond acceptors (Lipinski definition) is 2. The van der Waals surface area contributed by atoms with Gasteiger partial charge in [0.1, 0.15) is 0 Å². The van der Waals surface area contributed by atoms with E-state index in [1.54, 1.807) is 0 Å². The highest BCUT2D eigenvalue weighted by Crippen LogP contribution is 2.26. The lowest BCUT2D eigenvalue weighted by Gasteiger charge is -2.15. The molecule has 3 aromatic carbocycles. The summed E-state index contributed by atoms with van der Waals surface area (Å²) in [6.45, 7) is 4.02. The number of nitrogens with two attached hydrogens (primary N) is 1. The first-order valence-corrected chi connectivity index (χ1v) is 7.78. The zero-order valence-corrected chi connectivity index (χ0v) is 13.4. The molecule has 3 rings (SSSR count). The summed E-state index contributed by atoms with van der Waals surface area (Å²) < 4.78 is 0. The molecule has 0 aliphatic rings. The number of amides is 1. The third-order valence-corrected chi connectivity index (χ3v) is 4.09. The third-order valence-electron chi connectivity index (χ3n) is 4.09. The molecule has 3 heteroatoms. The van der Waals surface area contributed by atoms with Crippen molar-refractivity contribution in [3.8, 4) is 0 Å². The summed E-state index contributed by atoms with van der Waals surface area (Å²) in [5.41, 5.74) is 10.2. The van der Waals surface area contributed by atoms with Gasteiger partial charge in [0.05, 0.1) is 0 Å². The van der Waals surface area contributed by atoms with Crippen molar-refractivity contribution in [2.75, 3.05) is 11.1 Å². The maximum absolute atomic E-state index is 12.8. The predicted molar refractivity (Wildman–Crippen MR) is 96.9 cm³/mol. The normalized spacial score (nSPS) is 10.7. The summed E-state index contributed by atoms with van der Waals surface area (Å²) in [6, 6.07) is 17.5. The number of nitrogen functional groups attached to an aromatic ring is 1. The van der Waals surface area contributed by atoms with Crippen LogP contribution in [-0.4, -0.2) is 5.91 Å². The van der Waals surface area contributed by atoms with Crippen molar-refractivity contribution in [2.24, 2.45) is 0 Å². The molecule has 0 fully saturated rings. The van der Waals surface area contributed by atoms with Crippen molar-refractivity contribution >= 4 is 28.1 Å². The van der Waals surface area contributed by atoms with Gasteiger partial charge in [-0.1, -0.05) is 43.3 Å². The molecular formula is C20H20N2O. The van der Waals surface area contributed by atoms with E-state index in [9.17, 15) is 4.79 Å². The molecule has 0 heterocycles. The van der Waals surface area contributed by atoms with Crippen LogP contribution in [0.5, 0.6) is 0 Å². The first kappa shape index (κ1) is 15.1. The zero-order chi connectivity index (χ0) is 16.4. The molecule has 0 aliphatic carbocycles. The SMILES string of the molecule is CCc1cc(N)cc(C)c1NC(=O)c1cccc2ccccc12. The van der Waals surface area contributed by atoms with Crippen molar-refractivity contribution in [1.82, 2.24) is 0 Å². The molecule has 0 radical (unpaired) electrons. The van der Waals surface area contributed by atoms with Crippen molar-refractivity contribution in [3.63, 3.8) is 0 Å². The van der Waals surface area contributed by atoms with Gasteiger partial charge in [0.25, 0.3) is 5.91 Å². The van der Waals surface area contributed by atoms with Crippen LogP contribution in [-0.2, 0) is 6.42 Å². The van der Waals surface area contributed by atoms with Gasteiger partial charge in [-0.3, -0.25) is 4.79 Å². The Labute approximate surface area is 136 Å². The van der Waals surface area contributed by atoms with E-state index in [0.717, 1.165) is 39.7 Å². The summed E-state index contributed by atoms with van der Waals surface area (Å²) in [6.07, 6.45) is 0.816. The van der Waals surface area contributed by atoms with E-state index in [1.165, 1.54) is 0 Å². The molecule has 0 aliphatic heterocycles. The van der Waals surface area contributed by atoms with Crippen LogP contribution < -0.4 is 11.1 Å².